The van der Waals surface area contributed by atoms with E-state index in [2.05, 4.69) is 19.6 Å². The summed E-state index contributed by atoms with van der Waals surface area (Å²) in [5, 5.41) is 0. The lowest BCUT2D eigenvalue weighted by Crippen LogP contribution is -1.84. The van der Waals surface area contributed by atoms with Gasteiger partial charge in [0, 0.05) is 8.80 Å². The second-order valence-electron chi connectivity index (χ2n) is 1.73. The van der Waals surface area contributed by atoms with Crippen molar-refractivity contribution in [2.24, 2.45) is 0 Å². The van der Waals surface area contributed by atoms with Gasteiger partial charge in [-0.25, -0.2) is 0 Å². The van der Waals surface area contributed by atoms with Crippen LogP contribution in [-0.4, -0.2) is 8.80 Å². The highest BCUT2D eigenvalue weighted by Crippen LogP contribution is 1.68. The molecule has 0 spiro atoms. The van der Waals surface area contributed by atoms with Crippen LogP contribution in [0.5, 0.6) is 0 Å². The van der Waals surface area contributed by atoms with Gasteiger partial charge in [-0.05, 0) is 0 Å². The summed E-state index contributed by atoms with van der Waals surface area (Å²) in [4.78, 5) is 0. The highest BCUT2D eigenvalue weighted by atomic mass is 28.3. The number of halogens is 3. The first-order valence-electron chi connectivity index (χ1n) is 1.73. The lowest BCUT2D eigenvalue weighted by molar-refractivity contribution is 1.11. The molecule has 0 saturated heterocycles. The molecule has 0 bridgehead atoms. The summed E-state index contributed by atoms with van der Waals surface area (Å²) >= 11 is 0. The van der Waals surface area contributed by atoms with Gasteiger partial charge in [-0.1, -0.05) is 19.6 Å². The van der Waals surface area contributed by atoms with Gasteiger partial charge < -0.3 is 0 Å². The van der Waals surface area contributed by atoms with Crippen LogP contribution in [0.25, 0.3) is 0 Å². The van der Waals surface area contributed by atoms with Gasteiger partial charge in [0.05, 0.1) is 0 Å². The van der Waals surface area contributed by atoms with E-state index >= 15 is 0 Å². The molecule has 0 aliphatic heterocycles. The third-order valence-electron chi connectivity index (χ3n) is 0. The van der Waals surface area contributed by atoms with Gasteiger partial charge in [-0.15, -0.1) is 0 Å². The van der Waals surface area contributed by atoms with E-state index in [0.717, 1.165) is 0 Å². The Hall–Kier alpha value is 0.00688. The van der Waals surface area contributed by atoms with Crippen molar-refractivity contribution in [2.45, 2.75) is 19.6 Å². The Labute approximate surface area is 43.6 Å². The Morgan fingerprint density at radius 2 is 0.714 bits per heavy atom. The van der Waals surface area contributed by atoms with E-state index in [1.165, 1.54) is 0 Å². The highest BCUT2D eigenvalue weighted by Gasteiger charge is 1.71. The molecule has 0 heterocycles. The molecule has 0 saturated carbocycles. The smallest absolute Gasteiger partial charge is 0.0274 e. The summed E-state index contributed by atoms with van der Waals surface area (Å²) in [7, 11) is -0.139. The zero-order valence-electron chi connectivity index (χ0n) is 4.80. The molecule has 0 amide bonds. The third-order valence-corrected chi connectivity index (χ3v) is 0. The molecule has 0 rings (SSSR count). The van der Waals surface area contributed by atoms with Crippen LogP contribution in [0.1, 0.15) is 0 Å². The second kappa shape index (κ2) is 16.7. The molecule has 0 unspecified atom stereocenters. The van der Waals surface area contributed by atoms with E-state index in [4.69, 9.17) is 0 Å². The minimum atomic E-state index is -0.139. The van der Waals surface area contributed by atoms with Gasteiger partial charge in [0.2, 0.25) is 0 Å². The maximum atomic E-state index is 2.31. The molecule has 0 nitrogen and oxygen atoms in total. The van der Waals surface area contributed by atoms with Crippen molar-refractivity contribution in [2.75, 3.05) is 0 Å². The molecule has 0 radical (unpaired) electrons. The molecule has 0 aromatic rings. The third kappa shape index (κ3) is 2040000. The molecule has 0 aliphatic rings. The fraction of sp³-hybridized carbons (Fsp3) is 1.00. The van der Waals surface area contributed by atoms with E-state index in [1.807, 2.05) is 0 Å². The van der Waals surface area contributed by atoms with Crippen molar-refractivity contribution in [1.29, 1.82) is 0 Å². The predicted octanol–water partition coefficient (Wildman–Crippen LogP) is 1.56. The second-order valence-corrected chi connectivity index (χ2v) is 5.20. The lowest BCUT2D eigenvalue weighted by atomic mass is 11.8. The average molecular weight is 134 g/mol. The predicted molar refractivity (Wildman–Crippen MR) is 32.2 cm³/mol. The van der Waals surface area contributed by atoms with Crippen LogP contribution in [-0.2, 0) is 0 Å². The van der Waals surface area contributed by atoms with Gasteiger partial charge in [0.1, 0.15) is 0 Å². The molecule has 0 aliphatic carbocycles. The fourth-order valence-corrected chi connectivity index (χ4v) is 0. The maximum Gasteiger partial charge on any atom is 0.0274 e. The van der Waals surface area contributed by atoms with Crippen LogP contribution < -0.4 is 0 Å². The fourth-order valence-electron chi connectivity index (χ4n) is 0. The largest absolute Gasteiger partial charge is 0.269 e. The molecule has 7 heavy (non-hydrogen) atoms. The van der Waals surface area contributed by atoms with Crippen LogP contribution in [0.2, 0.25) is 19.6 Å². The van der Waals surface area contributed by atoms with E-state index in [0.29, 0.717) is 0 Å². The molecule has 0 fully saturated rings. The van der Waals surface area contributed by atoms with E-state index in [-0.39, 0.29) is 22.9 Å². The minimum Gasteiger partial charge on any atom is -0.269 e. The van der Waals surface area contributed by atoms with E-state index < -0.39 is 0 Å². The van der Waals surface area contributed by atoms with E-state index in [1.54, 1.807) is 0 Å². The lowest BCUT2D eigenvalue weighted by Gasteiger charge is -1.75. The van der Waals surface area contributed by atoms with Gasteiger partial charge in [0.25, 0.3) is 0 Å². The Morgan fingerprint density at radius 1 is 0.714 bits per heavy atom. The molecule has 0 N–H and O–H groups in total. The first kappa shape index (κ1) is 28.0. The maximum absolute atomic E-state index is 2.31. The van der Waals surface area contributed by atoms with Crippen LogP contribution in [0, 0.1) is 0 Å². The summed E-state index contributed by atoms with van der Waals surface area (Å²) in [5.41, 5.74) is 0. The van der Waals surface area contributed by atoms with Gasteiger partial charge in [-0.3, -0.25) is 14.1 Å². The highest BCUT2D eigenvalue weighted by molar-refractivity contribution is 6.54. The minimum absolute atomic E-state index is 0. The Bertz CT molecular complexity index is 14.9. The topological polar surface area (TPSA) is 0 Å². The van der Waals surface area contributed by atoms with Crippen LogP contribution >= 0.6 is 0 Å². The molecule has 0 aromatic carbocycles. The summed E-state index contributed by atoms with van der Waals surface area (Å²) in [5.74, 6) is 0. The molecule has 4 heteroatoms. The Morgan fingerprint density at radius 3 is 0.714 bits per heavy atom. The average Bonchev–Trinajstić information content (AvgIpc) is 0.811. The zero-order chi connectivity index (χ0) is 3.58. The van der Waals surface area contributed by atoms with Gasteiger partial charge in [0.15, 0.2) is 0 Å². The molecule has 0 aromatic heterocycles. The monoisotopic (exact) mass is 134 g/mol. The molecule has 50 valence electrons. The van der Waals surface area contributed by atoms with Gasteiger partial charge in [-0.2, -0.15) is 0 Å². The number of rotatable bonds is 0. The van der Waals surface area contributed by atoms with Crippen molar-refractivity contribution in [3.05, 3.63) is 0 Å². The van der Waals surface area contributed by atoms with Crippen molar-refractivity contribution in [3.8, 4) is 0 Å². The van der Waals surface area contributed by atoms with Crippen molar-refractivity contribution >= 4 is 8.80 Å². The number of hydrogen-bond donors (Lipinski definition) is 0. The SMILES string of the molecule is C[SiH](C)C.F.F.F. The molecule has 0 atom stereocenters. The van der Waals surface area contributed by atoms with Crippen LogP contribution in [0.4, 0.5) is 14.1 Å². The van der Waals surface area contributed by atoms with Crippen molar-refractivity contribution in [1.82, 2.24) is 0 Å². The quantitative estimate of drug-likeness (QED) is 0.441. The zero-order valence-corrected chi connectivity index (χ0v) is 5.96. The van der Waals surface area contributed by atoms with Crippen LogP contribution in [0.15, 0.2) is 0 Å². The van der Waals surface area contributed by atoms with Crippen LogP contribution in [0.3, 0.4) is 0 Å². The normalized spacial score (nSPS) is 5.14. The van der Waals surface area contributed by atoms with Gasteiger partial charge >= 0.3 is 0 Å². The Balaban J connectivity index is -0.0000000150. The summed E-state index contributed by atoms with van der Waals surface area (Å²) in [6.45, 7) is 6.92. The van der Waals surface area contributed by atoms with Crippen molar-refractivity contribution < 1.29 is 14.1 Å². The first-order valence-corrected chi connectivity index (χ1v) is 5.20. The van der Waals surface area contributed by atoms with Crippen molar-refractivity contribution in [3.63, 3.8) is 0 Å². The molecular formula is C3H13F3Si. The molecular weight excluding hydrogens is 121 g/mol. The Kier molecular flexibility index (Phi) is 66.5. The first-order chi connectivity index (χ1) is 1.73. The standard InChI is InChI=1S/C3H10Si.3FH/c1-4(2)3;;;/h4H,1-3H3;3*1H. The summed E-state index contributed by atoms with van der Waals surface area (Å²) < 4.78 is 0. The number of hydrogen-bond acceptors (Lipinski definition) is 0. The van der Waals surface area contributed by atoms with E-state index in [9.17, 15) is 0 Å². The summed E-state index contributed by atoms with van der Waals surface area (Å²) in [6.07, 6.45) is 0. The summed E-state index contributed by atoms with van der Waals surface area (Å²) in [6, 6.07) is 0.